The summed E-state index contributed by atoms with van der Waals surface area (Å²) in [5.74, 6) is -0.352. The van der Waals surface area contributed by atoms with Crippen molar-refractivity contribution in [1.82, 2.24) is 9.88 Å². The van der Waals surface area contributed by atoms with E-state index in [9.17, 15) is 9.59 Å². The van der Waals surface area contributed by atoms with E-state index in [0.717, 1.165) is 11.1 Å². The summed E-state index contributed by atoms with van der Waals surface area (Å²) in [6.45, 7) is 0.612. The topological polar surface area (TPSA) is 103 Å². The second kappa shape index (κ2) is 7.57. The summed E-state index contributed by atoms with van der Waals surface area (Å²) < 4.78 is 1.35. The third-order valence-corrected chi connectivity index (χ3v) is 4.09. The molecule has 1 amide bonds. The molecule has 1 aromatic heterocycles. The Morgan fingerprint density at radius 3 is 2.12 bits per heavy atom. The predicted molar refractivity (Wildman–Crippen MR) is 103 cm³/mol. The van der Waals surface area contributed by atoms with Crippen LogP contribution >= 0.6 is 0 Å². The third-order valence-electron chi connectivity index (χ3n) is 4.09. The SMILES string of the molecule is Nc1cc(=O)n(Cc2ccccc2)c(N)c1C(=O)NCc1ccccc1. The highest BCUT2D eigenvalue weighted by atomic mass is 16.2. The van der Waals surface area contributed by atoms with E-state index in [4.69, 9.17) is 11.5 Å². The van der Waals surface area contributed by atoms with Crippen LogP contribution in [-0.4, -0.2) is 10.5 Å². The first-order valence-corrected chi connectivity index (χ1v) is 8.21. The number of pyridine rings is 1. The third kappa shape index (κ3) is 3.75. The lowest BCUT2D eigenvalue weighted by Gasteiger charge is -2.15. The van der Waals surface area contributed by atoms with Gasteiger partial charge in [-0.3, -0.25) is 14.2 Å². The molecule has 0 saturated heterocycles. The molecule has 0 bridgehead atoms. The zero-order chi connectivity index (χ0) is 18.5. The second-order valence-electron chi connectivity index (χ2n) is 5.94. The van der Waals surface area contributed by atoms with Crippen molar-refractivity contribution in [3.05, 3.63) is 93.8 Å². The van der Waals surface area contributed by atoms with E-state index >= 15 is 0 Å². The van der Waals surface area contributed by atoms with Crippen LogP contribution in [0.25, 0.3) is 0 Å². The minimum atomic E-state index is -0.411. The molecule has 0 aliphatic carbocycles. The van der Waals surface area contributed by atoms with Gasteiger partial charge in [-0.2, -0.15) is 0 Å². The van der Waals surface area contributed by atoms with Gasteiger partial charge in [0.15, 0.2) is 0 Å². The van der Waals surface area contributed by atoms with Crippen molar-refractivity contribution in [3.8, 4) is 0 Å². The van der Waals surface area contributed by atoms with Crippen molar-refractivity contribution in [1.29, 1.82) is 0 Å². The number of hydrogen-bond donors (Lipinski definition) is 3. The van der Waals surface area contributed by atoms with Gasteiger partial charge in [0.05, 0.1) is 12.2 Å². The number of aromatic nitrogens is 1. The summed E-state index contributed by atoms with van der Waals surface area (Å²) in [6, 6.07) is 20.1. The quantitative estimate of drug-likeness (QED) is 0.656. The standard InChI is InChI=1S/C20H20N4O2/c21-16-11-17(25)24(13-15-9-5-2-6-10-15)19(22)18(16)20(26)23-12-14-7-3-1-4-8-14/h1-11H,12-13,21-22H2,(H,23,26). The Balaban J connectivity index is 1.88. The largest absolute Gasteiger partial charge is 0.398 e. The number of anilines is 2. The number of amides is 1. The number of carbonyl (C=O) groups is 1. The van der Waals surface area contributed by atoms with Crippen LogP contribution < -0.4 is 22.3 Å². The van der Waals surface area contributed by atoms with Crippen molar-refractivity contribution in [2.24, 2.45) is 0 Å². The summed E-state index contributed by atoms with van der Waals surface area (Å²) in [7, 11) is 0. The normalized spacial score (nSPS) is 10.5. The lowest BCUT2D eigenvalue weighted by Crippen LogP contribution is -2.31. The van der Waals surface area contributed by atoms with Crippen LogP contribution in [0.2, 0.25) is 0 Å². The molecule has 1 heterocycles. The predicted octanol–water partition coefficient (Wildman–Crippen LogP) is 1.99. The average molecular weight is 348 g/mol. The Kier molecular flexibility index (Phi) is 5.03. The molecule has 0 aliphatic heterocycles. The number of carbonyl (C=O) groups excluding carboxylic acids is 1. The molecular formula is C20H20N4O2. The molecule has 0 saturated carbocycles. The molecule has 2 aromatic carbocycles. The van der Waals surface area contributed by atoms with Crippen molar-refractivity contribution in [2.75, 3.05) is 11.5 Å². The number of nitrogens with two attached hydrogens (primary N) is 2. The number of nitrogen functional groups attached to an aromatic ring is 2. The van der Waals surface area contributed by atoms with Crippen LogP contribution in [0.4, 0.5) is 11.5 Å². The average Bonchev–Trinajstić information content (AvgIpc) is 2.65. The van der Waals surface area contributed by atoms with Gasteiger partial charge in [0, 0.05) is 12.6 Å². The highest BCUT2D eigenvalue weighted by molar-refractivity contribution is 6.03. The fourth-order valence-corrected chi connectivity index (χ4v) is 2.73. The Labute approximate surface area is 151 Å². The van der Waals surface area contributed by atoms with E-state index in [0.29, 0.717) is 6.54 Å². The molecule has 6 heteroatoms. The lowest BCUT2D eigenvalue weighted by molar-refractivity contribution is 0.0952. The molecule has 26 heavy (non-hydrogen) atoms. The summed E-state index contributed by atoms with van der Waals surface area (Å²) in [4.78, 5) is 24.9. The molecule has 132 valence electrons. The molecule has 0 unspecified atom stereocenters. The molecule has 0 radical (unpaired) electrons. The molecular weight excluding hydrogens is 328 g/mol. The van der Waals surface area contributed by atoms with E-state index < -0.39 is 5.91 Å². The Bertz CT molecular complexity index is 966. The van der Waals surface area contributed by atoms with Gasteiger partial charge in [0.1, 0.15) is 11.4 Å². The van der Waals surface area contributed by atoms with Crippen LogP contribution in [0.1, 0.15) is 21.5 Å². The smallest absolute Gasteiger partial charge is 0.257 e. The van der Waals surface area contributed by atoms with Crippen molar-refractivity contribution in [3.63, 3.8) is 0 Å². The van der Waals surface area contributed by atoms with Crippen LogP contribution in [0.5, 0.6) is 0 Å². The van der Waals surface area contributed by atoms with Crippen molar-refractivity contribution >= 4 is 17.4 Å². The van der Waals surface area contributed by atoms with Gasteiger partial charge in [-0.25, -0.2) is 0 Å². The molecule has 0 spiro atoms. The van der Waals surface area contributed by atoms with Crippen LogP contribution in [0.3, 0.4) is 0 Å². The lowest BCUT2D eigenvalue weighted by atomic mass is 10.1. The summed E-state index contributed by atoms with van der Waals surface area (Å²) in [6.07, 6.45) is 0. The van der Waals surface area contributed by atoms with Gasteiger partial charge in [-0.15, -0.1) is 0 Å². The molecule has 3 aromatic rings. The number of nitrogens with zero attached hydrogens (tertiary/aromatic N) is 1. The molecule has 0 aliphatic rings. The minimum absolute atomic E-state index is 0.0596. The summed E-state index contributed by atoms with van der Waals surface area (Å²) >= 11 is 0. The zero-order valence-electron chi connectivity index (χ0n) is 14.2. The van der Waals surface area contributed by atoms with E-state index in [1.165, 1.54) is 10.6 Å². The first-order valence-electron chi connectivity index (χ1n) is 8.21. The summed E-state index contributed by atoms with van der Waals surface area (Å²) in [5, 5.41) is 2.79. The van der Waals surface area contributed by atoms with Gasteiger partial charge in [0.25, 0.3) is 11.5 Å². The highest BCUT2D eigenvalue weighted by Crippen LogP contribution is 2.18. The number of benzene rings is 2. The first-order chi connectivity index (χ1) is 12.6. The van der Waals surface area contributed by atoms with Crippen LogP contribution in [-0.2, 0) is 13.1 Å². The van der Waals surface area contributed by atoms with E-state index in [1.807, 2.05) is 60.7 Å². The Hall–Kier alpha value is -3.54. The molecule has 5 N–H and O–H groups in total. The number of nitrogens with one attached hydrogen (secondary N) is 1. The fraction of sp³-hybridized carbons (Fsp3) is 0.100. The van der Waals surface area contributed by atoms with Crippen molar-refractivity contribution in [2.45, 2.75) is 13.1 Å². The van der Waals surface area contributed by atoms with E-state index in [1.54, 1.807) is 0 Å². The Morgan fingerprint density at radius 1 is 0.923 bits per heavy atom. The fourth-order valence-electron chi connectivity index (χ4n) is 2.73. The molecule has 3 rings (SSSR count). The van der Waals surface area contributed by atoms with Gasteiger partial charge < -0.3 is 16.8 Å². The molecule has 6 nitrogen and oxygen atoms in total. The monoisotopic (exact) mass is 348 g/mol. The maximum atomic E-state index is 12.6. The zero-order valence-corrected chi connectivity index (χ0v) is 14.2. The minimum Gasteiger partial charge on any atom is -0.398 e. The van der Waals surface area contributed by atoms with Gasteiger partial charge in [-0.05, 0) is 11.1 Å². The number of hydrogen-bond acceptors (Lipinski definition) is 4. The molecule has 0 fully saturated rings. The summed E-state index contributed by atoms with van der Waals surface area (Å²) in [5.41, 5.74) is 13.7. The van der Waals surface area contributed by atoms with Gasteiger partial charge in [-0.1, -0.05) is 60.7 Å². The maximum absolute atomic E-state index is 12.6. The Morgan fingerprint density at radius 2 is 1.50 bits per heavy atom. The van der Waals surface area contributed by atoms with Crippen LogP contribution in [0, 0.1) is 0 Å². The maximum Gasteiger partial charge on any atom is 0.257 e. The van der Waals surface area contributed by atoms with Crippen molar-refractivity contribution < 1.29 is 4.79 Å². The second-order valence-corrected chi connectivity index (χ2v) is 5.94. The first kappa shape index (κ1) is 17.3. The van der Waals surface area contributed by atoms with Crippen LogP contribution in [0.15, 0.2) is 71.5 Å². The van der Waals surface area contributed by atoms with Gasteiger partial charge in [0.2, 0.25) is 0 Å². The molecule has 0 atom stereocenters. The van der Waals surface area contributed by atoms with Gasteiger partial charge >= 0.3 is 0 Å². The number of rotatable bonds is 5. The highest BCUT2D eigenvalue weighted by Gasteiger charge is 2.18. The van der Waals surface area contributed by atoms with E-state index in [-0.39, 0.29) is 29.2 Å². The van der Waals surface area contributed by atoms with E-state index in [2.05, 4.69) is 5.32 Å².